The molecule has 2 aliphatic heterocycles. The van der Waals surface area contributed by atoms with Gasteiger partial charge < -0.3 is 20.5 Å². The quantitative estimate of drug-likeness (QED) is 0.265. The number of urea groups is 1. The first-order chi connectivity index (χ1) is 17.9. The standard InChI is InChI=1S/C26H32F3N5O3S/c1-25(2)23(36)34(18-6-8-19(9-7-18)38-26(27,28)29)24(37)33(25)16-17-14-21(20(17)15-30)31-22(35)10-13-32-11-4-3-5-12-32/h6-9,14-15,17,20,30H,3-5,10-13,16H2,1-2H3,(H,31,35). The van der Waals surface area contributed by atoms with Gasteiger partial charge in [-0.05, 0) is 75.8 Å². The van der Waals surface area contributed by atoms with Gasteiger partial charge in [0.1, 0.15) is 5.54 Å². The fourth-order valence-electron chi connectivity index (χ4n) is 5.11. The van der Waals surface area contributed by atoms with Crippen LogP contribution in [0.5, 0.6) is 0 Å². The number of carbonyl (C=O) groups is 3. The van der Waals surface area contributed by atoms with E-state index in [-0.39, 0.29) is 46.6 Å². The van der Waals surface area contributed by atoms with E-state index in [1.54, 1.807) is 13.8 Å². The average molecular weight is 552 g/mol. The van der Waals surface area contributed by atoms with E-state index in [4.69, 9.17) is 5.41 Å². The lowest BCUT2D eigenvalue weighted by Gasteiger charge is -2.38. The highest BCUT2D eigenvalue weighted by Gasteiger charge is 2.53. The number of imide groups is 1. The molecule has 8 nitrogen and oxygen atoms in total. The second-order valence-electron chi connectivity index (χ2n) is 10.3. The summed E-state index contributed by atoms with van der Waals surface area (Å²) in [4.78, 5) is 43.6. The Labute approximate surface area is 224 Å². The van der Waals surface area contributed by atoms with E-state index in [1.807, 2.05) is 6.08 Å². The molecule has 4 amide bonds. The van der Waals surface area contributed by atoms with Crippen LogP contribution in [-0.2, 0) is 9.59 Å². The van der Waals surface area contributed by atoms with Gasteiger partial charge in [0.05, 0.1) is 5.69 Å². The van der Waals surface area contributed by atoms with Gasteiger partial charge in [-0.15, -0.1) is 0 Å². The molecule has 0 bridgehead atoms. The van der Waals surface area contributed by atoms with Crippen molar-refractivity contribution < 1.29 is 27.6 Å². The smallest absolute Gasteiger partial charge is 0.329 e. The first-order valence-corrected chi connectivity index (χ1v) is 13.5. The Kier molecular flexibility index (Phi) is 8.22. The number of benzene rings is 1. The summed E-state index contributed by atoms with van der Waals surface area (Å²) in [7, 11) is 0. The number of hydrogen-bond donors (Lipinski definition) is 2. The summed E-state index contributed by atoms with van der Waals surface area (Å²) < 4.78 is 37.9. The van der Waals surface area contributed by atoms with Crippen molar-refractivity contribution in [1.29, 1.82) is 5.41 Å². The van der Waals surface area contributed by atoms with Crippen molar-refractivity contribution in [3.8, 4) is 0 Å². The van der Waals surface area contributed by atoms with E-state index in [2.05, 4.69) is 10.2 Å². The summed E-state index contributed by atoms with van der Waals surface area (Å²) in [6.45, 7) is 6.10. The number of anilines is 1. The molecule has 12 heteroatoms. The van der Waals surface area contributed by atoms with Crippen LogP contribution in [0.3, 0.4) is 0 Å². The van der Waals surface area contributed by atoms with E-state index in [9.17, 15) is 27.6 Å². The molecule has 0 radical (unpaired) electrons. The van der Waals surface area contributed by atoms with Crippen molar-refractivity contribution in [1.82, 2.24) is 15.1 Å². The average Bonchev–Trinajstić information content (AvgIpc) is 3.01. The molecule has 206 valence electrons. The highest BCUT2D eigenvalue weighted by molar-refractivity contribution is 8.00. The Bertz CT molecular complexity index is 1120. The lowest BCUT2D eigenvalue weighted by molar-refractivity contribution is -0.123. The molecule has 1 aromatic rings. The number of piperidine rings is 1. The van der Waals surface area contributed by atoms with Crippen molar-refractivity contribution in [2.24, 2.45) is 11.8 Å². The highest BCUT2D eigenvalue weighted by Crippen LogP contribution is 2.40. The molecule has 38 heavy (non-hydrogen) atoms. The Morgan fingerprint density at radius 3 is 2.42 bits per heavy atom. The summed E-state index contributed by atoms with van der Waals surface area (Å²) in [6, 6.07) is 4.52. The molecular weight excluding hydrogens is 519 g/mol. The van der Waals surface area contributed by atoms with Crippen molar-refractivity contribution >= 4 is 41.5 Å². The van der Waals surface area contributed by atoms with E-state index in [0.29, 0.717) is 18.7 Å². The van der Waals surface area contributed by atoms with Gasteiger partial charge in [-0.1, -0.05) is 12.5 Å². The van der Waals surface area contributed by atoms with Crippen LogP contribution in [0.15, 0.2) is 40.9 Å². The summed E-state index contributed by atoms with van der Waals surface area (Å²) >= 11 is -0.269. The molecule has 2 unspecified atom stereocenters. The molecule has 0 spiro atoms. The second kappa shape index (κ2) is 11.1. The van der Waals surface area contributed by atoms with Crippen molar-refractivity contribution in [2.45, 2.75) is 55.5 Å². The number of nitrogens with zero attached hydrogens (tertiary/aromatic N) is 3. The molecule has 3 aliphatic rings. The number of halogens is 3. The van der Waals surface area contributed by atoms with Gasteiger partial charge >= 0.3 is 11.5 Å². The minimum Gasteiger partial charge on any atom is -0.329 e. The van der Waals surface area contributed by atoms with E-state index < -0.39 is 23.0 Å². The monoisotopic (exact) mass is 551 g/mol. The first-order valence-electron chi connectivity index (χ1n) is 12.7. The lowest BCUT2D eigenvalue weighted by atomic mass is 9.78. The predicted molar refractivity (Wildman–Crippen MR) is 139 cm³/mol. The van der Waals surface area contributed by atoms with Crippen LogP contribution < -0.4 is 10.2 Å². The third-order valence-corrected chi connectivity index (χ3v) is 8.07. The summed E-state index contributed by atoms with van der Waals surface area (Å²) in [5.41, 5.74) is -4.81. The molecule has 2 N–H and O–H groups in total. The van der Waals surface area contributed by atoms with Gasteiger partial charge in [-0.2, -0.15) is 13.2 Å². The van der Waals surface area contributed by atoms with Crippen LogP contribution in [0.2, 0.25) is 0 Å². The van der Waals surface area contributed by atoms with E-state index >= 15 is 0 Å². The van der Waals surface area contributed by atoms with E-state index in [1.165, 1.54) is 41.8 Å². The topological polar surface area (TPSA) is 96.8 Å². The fourth-order valence-corrected chi connectivity index (χ4v) is 5.65. The number of carbonyl (C=O) groups excluding carboxylic acids is 3. The van der Waals surface area contributed by atoms with Crippen molar-refractivity contribution in [3.63, 3.8) is 0 Å². The number of hydrogen-bond acceptors (Lipinski definition) is 6. The number of allylic oxidation sites excluding steroid dienone is 1. The molecule has 0 saturated carbocycles. The molecule has 2 saturated heterocycles. The zero-order valence-corrected chi connectivity index (χ0v) is 22.2. The molecule has 2 heterocycles. The zero-order valence-electron chi connectivity index (χ0n) is 21.4. The third kappa shape index (κ3) is 6.06. The molecule has 2 fully saturated rings. The SMILES string of the molecule is CC1(C)C(=O)N(c2ccc(SC(F)(F)F)cc2)C(=O)N1CC1C=C(NC(=O)CCN2CCCCC2)C1C=N. The lowest BCUT2D eigenvalue weighted by Crippen LogP contribution is -2.50. The summed E-state index contributed by atoms with van der Waals surface area (Å²) in [5, 5.41) is 10.7. The van der Waals surface area contributed by atoms with Gasteiger partial charge in [0, 0.05) is 48.2 Å². The Hall–Kier alpha value is -2.86. The van der Waals surface area contributed by atoms with Crippen LogP contribution in [-0.4, -0.2) is 71.1 Å². The molecule has 2 atom stereocenters. The number of likely N-dealkylation sites (tertiary alicyclic amines) is 1. The van der Waals surface area contributed by atoms with Gasteiger partial charge in [-0.3, -0.25) is 9.59 Å². The Morgan fingerprint density at radius 1 is 1.16 bits per heavy atom. The van der Waals surface area contributed by atoms with Crippen LogP contribution in [0, 0.1) is 17.2 Å². The molecule has 4 rings (SSSR count). The third-order valence-electron chi connectivity index (χ3n) is 7.33. The minimum atomic E-state index is -4.44. The van der Waals surface area contributed by atoms with Crippen LogP contribution in [0.25, 0.3) is 0 Å². The number of alkyl halides is 3. The van der Waals surface area contributed by atoms with Crippen LogP contribution in [0.1, 0.15) is 39.5 Å². The summed E-state index contributed by atoms with van der Waals surface area (Å²) in [6.07, 6.45) is 6.94. The van der Waals surface area contributed by atoms with Gasteiger partial charge in [0.2, 0.25) is 5.91 Å². The van der Waals surface area contributed by atoms with Crippen molar-refractivity contribution in [3.05, 3.63) is 36.0 Å². The largest absolute Gasteiger partial charge is 0.446 e. The minimum absolute atomic E-state index is 0.0459. The number of amides is 4. The maximum absolute atomic E-state index is 13.3. The fraction of sp³-hybridized carbons (Fsp3) is 0.538. The molecular formula is C26H32F3N5O3S. The normalized spacial score (nSPS) is 23.8. The number of nitrogens with one attached hydrogen (secondary N) is 2. The zero-order chi connectivity index (χ0) is 27.7. The molecule has 0 aromatic heterocycles. The first kappa shape index (κ1) is 28.2. The van der Waals surface area contributed by atoms with Crippen LogP contribution >= 0.6 is 11.8 Å². The van der Waals surface area contributed by atoms with Gasteiger partial charge in [0.25, 0.3) is 5.91 Å². The van der Waals surface area contributed by atoms with Gasteiger partial charge in [-0.25, -0.2) is 9.69 Å². The van der Waals surface area contributed by atoms with E-state index in [0.717, 1.165) is 30.8 Å². The maximum atomic E-state index is 13.3. The molecule has 1 aromatic carbocycles. The second-order valence-corrected chi connectivity index (χ2v) is 11.5. The highest BCUT2D eigenvalue weighted by atomic mass is 32.2. The summed E-state index contributed by atoms with van der Waals surface area (Å²) in [5.74, 6) is -1.25. The molecule has 1 aliphatic carbocycles. The predicted octanol–water partition coefficient (Wildman–Crippen LogP) is 4.62. The number of thioether (sulfide) groups is 1. The van der Waals surface area contributed by atoms with Crippen LogP contribution in [0.4, 0.5) is 23.7 Å². The Morgan fingerprint density at radius 2 is 1.82 bits per heavy atom. The van der Waals surface area contributed by atoms with Gasteiger partial charge in [0.15, 0.2) is 0 Å². The Balaban J connectivity index is 1.39. The van der Waals surface area contributed by atoms with Crippen molar-refractivity contribution in [2.75, 3.05) is 31.1 Å². The maximum Gasteiger partial charge on any atom is 0.446 e. The number of rotatable bonds is 9.